The Morgan fingerprint density at radius 2 is 1.83 bits per heavy atom. The average molecular weight is 329 g/mol. The molecule has 2 aromatic carbocycles. The third kappa shape index (κ3) is 2.78. The lowest BCUT2D eigenvalue weighted by Gasteiger charge is -2.06. The van der Waals surface area contributed by atoms with E-state index in [2.05, 4.69) is 10.1 Å². The minimum Gasteiger partial charge on any atom is -0.478 e. The van der Waals surface area contributed by atoms with Crippen molar-refractivity contribution in [1.29, 1.82) is 0 Å². The van der Waals surface area contributed by atoms with E-state index in [1.54, 1.807) is 18.2 Å². The molecule has 0 aliphatic carbocycles. The number of aromatic carboxylic acids is 1. The Bertz CT molecular complexity index is 846. The van der Waals surface area contributed by atoms with E-state index in [9.17, 15) is 14.4 Å². The second-order valence-electron chi connectivity index (χ2n) is 4.77. The third-order valence-electron chi connectivity index (χ3n) is 3.34. The van der Waals surface area contributed by atoms with E-state index in [-0.39, 0.29) is 11.5 Å². The second kappa shape index (κ2) is 5.77. The predicted molar refractivity (Wildman–Crippen MR) is 83.3 cm³/mol. The zero-order valence-corrected chi connectivity index (χ0v) is 12.8. The summed E-state index contributed by atoms with van der Waals surface area (Å²) < 4.78 is 4.68. The number of ether oxygens (including phenoxy) is 1. The molecule has 2 aromatic rings. The van der Waals surface area contributed by atoms with E-state index in [4.69, 9.17) is 5.11 Å². The van der Waals surface area contributed by atoms with E-state index >= 15 is 0 Å². The second-order valence-corrected chi connectivity index (χ2v) is 5.86. The van der Waals surface area contributed by atoms with E-state index in [0.717, 1.165) is 0 Å². The van der Waals surface area contributed by atoms with Crippen LogP contribution in [0.2, 0.25) is 0 Å². The zero-order valence-electron chi connectivity index (χ0n) is 12.0. The topological polar surface area (TPSA) is 92.7 Å². The third-order valence-corrected chi connectivity index (χ3v) is 4.48. The fourth-order valence-corrected chi connectivity index (χ4v) is 3.25. The molecule has 0 saturated carbocycles. The summed E-state index contributed by atoms with van der Waals surface area (Å²) in [6, 6.07) is 9.16. The molecule has 0 radical (unpaired) electrons. The summed E-state index contributed by atoms with van der Waals surface area (Å²) in [5.41, 5.74) is 1.27. The number of carbonyl (C=O) groups is 3. The minimum absolute atomic E-state index is 0.0888. The van der Waals surface area contributed by atoms with Gasteiger partial charge >= 0.3 is 11.9 Å². The molecule has 7 heteroatoms. The number of hydrogen-bond donors (Lipinski definition) is 2. The molecule has 0 saturated heterocycles. The van der Waals surface area contributed by atoms with Crippen LogP contribution < -0.4 is 5.32 Å². The fourth-order valence-electron chi connectivity index (χ4n) is 2.20. The lowest BCUT2D eigenvalue weighted by Crippen LogP contribution is -2.12. The molecule has 0 bridgehead atoms. The maximum Gasteiger partial charge on any atom is 0.337 e. The van der Waals surface area contributed by atoms with Crippen LogP contribution in [0.3, 0.4) is 0 Å². The van der Waals surface area contributed by atoms with Crippen LogP contribution in [0.1, 0.15) is 31.1 Å². The Labute approximate surface area is 135 Å². The van der Waals surface area contributed by atoms with Gasteiger partial charge in [-0.05, 0) is 36.4 Å². The number of amides is 1. The number of nitrogens with one attached hydrogen (secondary N) is 1. The number of anilines is 1. The summed E-state index contributed by atoms with van der Waals surface area (Å²) in [6.45, 7) is 0. The summed E-state index contributed by atoms with van der Waals surface area (Å²) in [7, 11) is 1.29. The van der Waals surface area contributed by atoms with Crippen molar-refractivity contribution in [2.75, 3.05) is 12.4 Å². The molecule has 0 aromatic heterocycles. The van der Waals surface area contributed by atoms with E-state index in [0.29, 0.717) is 26.6 Å². The fraction of sp³-hybridized carbons (Fsp3) is 0.0625. The van der Waals surface area contributed by atoms with Crippen molar-refractivity contribution in [3.8, 4) is 0 Å². The van der Waals surface area contributed by atoms with Gasteiger partial charge in [0.1, 0.15) is 0 Å². The van der Waals surface area contributed by atoms with E-state index in [1.807, 2.05) is 0 Å². The predicted octanol–water partition coefficient (Wildman–Crippen LogP) is 2.89. The Hall–Kier alpha value is -2.80. The van der Waals surface area contributed by atoms with Crippen molar-refractivity contribution in [3.63, 3.8) is 0 Å². The molecule has 1 aliphatic rings. The highest BCUT2D eigenvalue weighted by atomic mass is 32.2. The van der Waals surface area contributed by atoms with Crippen LogP contribution >= 0.6 is 11.8 Å². The highest BCUT2D eigenvalue weighted by Gasteiger charge is 2.22. The van der Waals surface area contributed by atoms with Crippen molar-refractivity contribution < 1.29 is 24.2 Å². The normalized spacial score (nSPS) is 12.5. The Morgan fingerprint density at radius 3 is 2.52 bits per heavy atom. The number of fused-ring (bicyclic) bond motifs is 2. The molecular weight excluding hydrogens is 318 g/mol. The van der Waals surface area contributed by atoms with Crippen LogP contribution in [0, 0.1) is 0 Å². The van der Waals surface area contributed by atoms with Crippen molar-refractivity contribution in [2.24, 2.45) is 0 Å². The van der Waals surface area contributed by atoms with Gasteiger partial charge in [-0.1, -0.05) is 11.8 Å². The Morgan fingerprint density at radius 1 is 1.09 bits per heavy atom. The van der Waals surface area contributed by atoms with Gasteiger partial charge < -0.3 is 15.2 Å². The number of methoxy groups -OCH3 is 1. The molecule has 1 amide bonds. The molecular formula is C16H11NO5S. The molecule has 116 valence electrons. The minimum atomic E-state index is -1.07. The molecule has 6 nitrogen and oxygen atoms in total. The summed E-state index contributed by atoms with van der Waals surface area (Å²) in [4.78, 5) is 36.3. The number of carboxylic acids is 1. The largest absolute Gasteiger partial charge is 0.478 e. The first-order chi connectivity index (χ1) is 11.0. The quantitative estimate of drug-likeness (QED) is 0.823. The molecule has 0 unspecified atom stereocenters. The highest BCUT2D eigenvalue weighted by molar-refractivity contribution is 7.99. The van der Waals surface area contributed by atoms with Gasteiger partial charge in [-0.2, -0.15) is 0 Å². The van der Waals surface area contributed by atoms with Gasteiger partial charge in [-0.15, -0.1) is 0 Å². The number of rotatable bonds is 2. The first-order valence-electron chi connectivity index (χ1n) is 6.58. The lowest BCUT2D eigenvalue weighted by atomic mass is 10.1. The van der Waals surface area contributed by atoms with Gasteiger partial charge in [-0.3, -0.25) is 4.79 Å². The summed E-state index contributed by atoms with van der Waals surface area (Å²) in [5.74, 6) is -1.91. The maximum absolute atomic E-state index is 12.3. The molecule has 1 heterocycles. The molecule has 0 atom stereocenters. The Balaban J connectivity index is 2.08. The van der Waals surface area contributed by atoms with Crippen LogP contribution in [-0.2, 0) is 4.74 Å². The SMILES string of the molecule is COC(=O)c1ccc2c(c1)Sc1ccc(C(=O)O)cc1NC2=O. The van der Waals surface area contributed by atoms with Crippen molar-refractivity contribution >= 4 is 35.3 Å². The van der Waals surface area contributed by atoms with Gasteiger partial charge in [-0.25, -0.2) is 9.59 Å². The molecule has 1 aliphatic heterocycles. The van der Waals surface area contributed by atoms with Gasteiger partial charge in [0.25, 0.3) is 5.91 Å². The molecule has 3 rings (SSSR count). The molecule has 2 N–H and O–H groups in total. The summed E-state index contributed by atoms with van der Waals surface area (Å²) in [5, 5.41) is 11.7. The van der Waals surface area contributed by atoms with Crippen molar-refractivity contribution in [1.82, 2.24) is 0 Å². The standard InChI is InChI=1S/C16H11NO5S/c1-22-16(21)9-2-4-10-13(7-9)23-12-5-3-8(15(19)20)6-11(12)17-14(10)18/h2-7H,1H3,(H,17,18)(H,19,20). The van der Waals surface area contributed by atoms with Crippen LogP contribution in [-0.4, -0.2) is 30.1 Å². The first-order valence-corrected chi connectivity index (χ1v) is 7.40. The molecule has 23 heavy (non-hydrogen) atoms. The van der Waals surface area contributed by atoms with Gasteiger partial charge in [0.15, 0.2) is 0 Å². The lowest BCUT2D eigenvalue weighted by molar-refractivity contribution is 0.0599. The average Bonchev–Trinajstić information content (AvgIpc) is 2.68. The van der Waals surface area contributed by atoms with Crippen LogP contribution in [0.15, 0.2) is 46.2 Å². The highest BCUT2D eigenvalue weighted by Crippen LogP contribution is 2.39. The molecule has 0 fully saturated rings. The summed E-state index contributed by atoms with van der Waals surface area (Å²) >= 11 is 1.29. The number of benzene rings is 2. The van der Waals surface area contributed by atoms with Gasteiger partial charge in [0.05, 0.1) is 29.5 Å². The maximum atomic E-state index is 12.3. The first kappa shape index (κ1) is 15.1. The number of carbonyl (C=O) groups excluding carboxylic acids is 2. The number of hydrogen-bond acceptors (Lipinski definition) is 5. The number of carboxylic acid groups (broad SMARTS) is 1. The van der Waals surface area contributed by atoms with Crippen LogP contribution in [0.4, 0.5) is 5.69 Å². The van der Waals surface area contributed by atoms with Crippen LogP contribution in [0.25, 0.3) is 0 Å². The van der Waals surface area contributed by atoms with E-state index < -0.39 is 11.9 Å². The molecule has 0 spiro atoms. The zero-order chi connectivity index (χ0) is 16.6. The van der Waals surface area contributed by atoms with E-state index in [1.165, 1.54) is 37.1 Å². The monoisotopic (exact) mass is 329 g/mol. The van der Waals surface area contributed by atoms with Gasteiger partial charge in [0.2, 0.25) is 0 Å². The smallest absolute Gasteiger partial charge is 0.337 e. The van der Waals surface area contributed by atoms with Crippen molar-refractivity contribution in [3.05, 3.63) is 53.1 Å². The summed E-state index contributed by atoms with van der Waals surface area (Å²) in [6.07, 6.45) is 0. The van der Waals surface area contributed by atoms with Crippen molar-refractivity contribution in [2.45, 2.75) is 9.79 Å². The van der Waals surface area contributed by atoms with Crippen LogP contribution in [0.5, 0.6) is 0 Å². The Kier molecular flexibility index (Phi) is 3.79. The van der Waals surface area contributed by atoms with Gasteiger partial charge in [0, 0.05) is 9.79 Å². The number of esters is 1.